The Morgan fingerprint density at radius 3 is 1.94 bits per heavy atom. The number of carbonyl (C=O) groups is 1. The van der Waals surface area contributed by atoms with Crippen molar-refractivity contribution in [2.24, 2.45) is 0 Å². The number of hydrogen-bond acceptors (Lipinski definition) is 2. The molecule has 0 aliphatic heterocycles. The zero-order valence-electron chi connectivity index (χ0n) is 11.2. The van der Waals surface area contributed by atoms with Crippen LogP contribution in [0.15, 0.2) is 22.9 Å². The number of nitrogens with one attached hydrogen (secondary N) is 1. The molecule has 1 rings (SSSR count). The molecule has 0 saturated heterocycles. The molecule has 0 atom stereocenters. The van der Waals surface area contributed by atoms with Crippen molar-refractivity contribution in [3.8, 4) is 0 Å². The molecule has 92 valence electrons. The molecule has 1 aromatic rings. The van der Waals surface area contributed by atoms with Gasteiger partial charge in [-0.3, -0.25) is 4.79 Å². The fraction of sp³-hybridized carbons (Fsp3) is 0.462. The highest BCUT2D eigenvalue weighted by Gasteiger charge is 1.98. The Bertz CT molecular complexity index is 311. The first-order chi connectivity index (χ1) is 7.43. The van der Waals surface area contributed by atoms with E-state index in [1.54, 1.807) is 11.3 Å². The Morgan fingerprint density at radius 1 is 1.25 bits per heavy atom. The van der Waals surface area contributed by atoms with E-state index >= 15 is 0 Å². The molecule has 0 fully saturated rings. The average Bonchev–Trinajstić information content (AvgIpc) is 2.53. The van der Waals surface area contributed by atoms with Crippen LogP contribution in [0.3, 0.4) is 0 Å². The second kappa shape index (κ2) is 10.4. The van der Waals surface area contributed by atoms with Crippen LogP contribution in [0.25, 0.3) is 0 Å². The van der Waals surface area contributed by atoms with Crippen LogP contribution in [0.5, 0.6) is 0 Å². The maximum Gasteiger partial charge on any atom is 0.221 e. The zero-order chi connectivity index (χ0) is 13.1. The summed E-state index contributed by atoms with van der Waals surface area (Å²) in [5.41, 5.74) is 3.22. The lowest BCUT2D eigenvalue weighted by Gasteiger charge is -1.97. The summed E-state index contributed by atoms with van der Waals surface area (Å²) in [5.74, 6) is -0.0125. The van der Waals surface area contributed by atoms with Crippen molar-refractivity contribution < 1.29 is 4.79 Å². The summed E-state index contributed by atoms with van der Waals surface area (Å²) in [5, 5.41) is 6.66. The topological polar surface area (TPSA) is 29.1 Å². The van der Waals surface area contributed by atoms with E-state index in [1.807, 2.05) is 45.4 Å². The lowest BCUT2D eigenvalue weighted by Crippen LogP contribution is -2.05. The van der Waals surface area contributed by atoms with Crippen LogP contribution >= 0.6 is 11.3 Å². The van der Waals surface area contributed by atoms with Gasteiger partial charge in [-0.15, -0.1) is 17.9 Å². The maximum atomic E-state index is 10.6. The largest absolute Gasteiger partial charge is 0.325 e. The van der Waals surface area contributed by atoms with Gasteiger partial charge in [-0.2, -0.15) is 0 Å². The van der Waals surface area contributed by atoms with Crippen molar-refractivity contribution in [1.29, 1.82) is 0 Å². The van der Waals surface area contributed by atoms with Gasteiger partial charge in [0.1, 0.15) is 0 Å². The monoisotopic (exact) mass is 241 g/mol. The molecular formula is C13H23NOS. The first-order valence-corrected chi connectivity index (χ1v) is 6.30. The molecular weight excluding hydrogens is 218 g/mol. The van der Waals surface area contributed by atoms with Gasteiger partial charge in [-0.05, 0) is 31.7 Å². The minimum atomic E-state index is -0.0125. The Kier molecular flexibility index (Phi) is 11.3. The number of thiophene rings is 1. The van der Waals surface area contributed by atoms with Crippen molar-refractivity contribution in [2.75, 3.05) is 5.32 Å². The minimum Gasteiger partial charge on any atom is -0.325 e. The molecule has 0 aliphatic rings. The Morgan fingerprint density at radius 2 is 1.69 bits per heavy atom. The van der Waals surface area contributed by atoms with Crippen LogP contribution in [0, 0.1) is 6.92 Å². The van der Waals surface area contributed by atoms with E-state index in [9.17, 15) is 4.79 Å². The molecule has 2 nitrogen and oxygen atoms in total. The van der Waals surface area contributed by atoms with Crippen molar-refractivity contribution in [1.82, 2.24) is 0 Å². The fourth-order valence-electron chi connectivity index (χ4n) is 0.678. The predicted molar refractivity (Wildman–Crippen MR) is 75.2 cm³/mol. The third-order valence-electron chi connectivity index (χ3n) is 1.17. The molecule has 3 heteroatoms. The maximum absolute atomic E-state index is 10.6. The van der Waals surface area contributed by atoms with Crippen molar-refractivity contribution in [2.45, 2.75) is 41.5 Å². The first kappa shape index (κ1) is 17.3. The lowest BCUT2D eigenvalue weighted by molar-refractivity contribution is -0.114. The molecule has 1 aromatic heterocycles. The summed E-state index contributed by atoms with van der Waals surface area (Å²) in [7, 11) is 0. The fourth-order valence-corrected chi connectivity index (χ4v) is 1.46. The van der Waals surface area contributed by atoms with Gasteiger partial charge in [-0.25, -0.2) is 0 Å². The van der Waals surface area contributed by atoms with E-state index < -0.39 is 0 Å². The lowest BCUT2D eigenvalue weighted by atomic mass is 10.3. The van der Waals surface area contributed by atoms with Gasteiger partial charge in [0, 0.05) is 12.3 Å². The van der Waals surface area contributed by atoms with Crippen LogP contribution in [-0.4, -0.2) is 5.91 Å². The summed E-state index contributed by atoms with van der Waals surface area (Å²) in [6.07, 6.45) is 0. The normalized spacial score (nSPS) is 7.88. The van der Waals surface area contributed by atoms with Gasteiger partial charge in [0.2, 0.25) is 5.91 Å². The Hall–Kier alpha value is -1.09. The van der Waals surface area contributed by atoms with Gasteiger partial charge in [0.05, 0.1) is 5.69 Å². The average molecular weight is 241 g/mol. The second-order valence-electron chi connectivity index (χ2n) is 3.36. The Balaban J connectivity index is 0. The van der Waals surface area contributed by atoms with Gasteiger partial charge in [-0.1, -0.05) is 19.4 Å². The van der Waals surface area contributed by atoms with Gasteiger partial charge < -0.3 is 5.32 Å². The SMILES string of the molecule is C=C(C)C.CC.CC(=O)Nc1cscc1C. The summed E-state index contributed by atoms with van der Waals surface area (Å²) in [6.45, 7) is 15.0. The number of hydrogen-bond donors (Lipinski definition) is 1. The van der Waals surface area contributed by atoms with Gasteiger partial charge >= 0.3 is 0 Å². The predicted octanol–water partition coefficient (Wildman–Crippen LogP) is 4.62. The highest BCUT2D eigenvalue weighted by molar-refractivity contribution is 7.08. The van der Waals surface area contributed by atoms with Crippen LogP contribution in [0.4, 0.5) is 5.69 Å². The second-order valence-corrected chi connectivity index (χ2v) is 4.10. The van der Waals surface area contributed by atoms with E-state index in [4.69, 9.17) is 0 Å². The van der Waals surface area contributed by atoms with Crippen LogP contribution in [0.1, 0.15) is 40.2 Å². The third-order valence-corrected chi connectivity index (χ3v) is 2.03. The highest BCUT2D eigenvalue weighted by Crippen LogP contribution is 2.18. The van der Waals surface area contributed by atoms with E-state index in [-0.39, 0.29) is 5.91 Å². The molecule has 0 spiro atoms. The molecule has 1 N–H and O–H groups in total. The summed E-state index contributed by atoms with van der Waals surface area (Å²) in [6, 6.07) is 0. The van der Waals surface area contributed by atoms with E-state index in [1.165, 1.54) is 12.5 Å². The van der Waals surface area contributed by atoms with Crippen molar-refractivity contribution >= 4 is 22.9 Å². The molecule has 1 heterocycles. The number of rotatable bonds is 1. The van der Waals surface area contributed by atoms with E-state index in [0.717, 1.165) is 11.3 Å². The van der Waals surface area contributed by atoms with E-state index in [0.29, 0.717) is 0 Å². The highest BCUT2D eigenvalue weighted by atomic mass is 32.1. The molecule has 0 aliphatic carbocycles. The van der Waals surface area contributed by atoms with Gasteiger partial charge in [0.25, 0.3) is 0 Å². The van der Waals surface area contributed by atoms with E-state index in [2.05, 4.69) is 11.9 Å². The number of amides is 1. The first-order valence-electron chi connectivity index (χ1n) is 5.36. The number of anilines is 1. The number of aryl methyl sites for hydroxylation is 1. The standard InChI is InChI=1S/C7H9NOS.C4H8.C2H6/c1-5-3-10-4-7(5)8-6(2)9;1-4(2)3;1-2/h3-4H,1-2H3,(H,8,9);1H2,2-3H3;1-2H3. The van der Waals surface area contributed by atoms with Crippen molar-refractivity contribution in [3.05, 3.63) is 28.5 Å². The summed E-state index contributed by atoms with van der Waals surface area (Å²) >= 11 is 1.59. The molecule has 16 heavy (non-hydrogen) atoms. The molecule has 0 bridgehead atoms. The van der Waals surface area contributed by atoms with Crippen LogP contribution in [0.2, 0.25) is 0 Å². The molecule has 0 saturated carbocycles. The molecule has 0 unspecified atom stereocenters. The van der Waals surface area contributed by atoms with Crippen LogP contribution in [-0.2, 0) is 4.79 Å². The zero-order valence-corrected chi connectivity index (χ0v) is 12.0. The minimum absolute atomic E-state index is 0.0125. The molecule has 0 radical (unpaired) electrons. The summed E-state index contributed by atoms with van der Waals surface area (Å²) < 4.78 is 0. The third kappa shape index (κ3) is 11.0. The quantitative estimate of drug-likeness (QED) is 0.714. The molecule has 1 amide bonds. The smallest absolute Gasteiger partial charge is 0.221 e. The van der Waals surface area contributed by atoms with Crippen LogP contribution < -0.4 is 5.32 Å². The number of allylic oxidation sites excluding steroid dienone is 1. The summed E-state index contributed by atoms with van der Waals surface area (Å²) in [4.78, 5) is 10.6. The van der Waals surface area contributed by atoms with Crippen molar-refractivity contribution in [3.63, 3.8) is 0 Å². The van der Waals surface area contributed by atoms with Gasteiger partial charge in [0.15, 0.2) is 0 Å². The number of carbonyl (C=O) groups excluding carboxylic acids is 1. The Labute approximate surface area is 103 Å². The molecule has 0 aromatic carbocycles.